The number of carbonyl (C=O) groups is 2. The molecule has 0 fully saturated rings. The van der Waals surface area contributed by atoms with E-state index in [1.54, 1.807) is 16.7 Å². The summed E-state index contributed by atoms with van der Waals surface area (Å²) in [4.78, 5) is 27.5. The lowest BCUT2D eigenvalue weighted by Crippen LogP contribution is -2.50. The molecule has 162 valence electrons. The lowest BCUT2D eigenvalue weighted by Gasteiger charge is -2.30. The summed E-state index contributed by atoms with van der Waals surface area (Å²) in [6.45, 7) is 5.14. The standard InChI is InChI=1S/C24H31ClN2O2S/c1-3-15-26-24(29)22(4-2)27(16-14-19-8-6-5-7-9-19)23(28)18-30-17-20-10-12-21(25)13-11-20/h5-13,22H,3-4,14-18H2,1-2H3,(H,26,29)/t22-/m0/s1. The molecule has 0 aromatic heterocycles. The third kappa shape index (κ3) is 8.04. The molecular formula is C24H31ClN2O2S. The molecule has 2 rings (SSSR count). The molecular weight excluding hydrogens is 416 g/mol. The maximum absolute atomic E-state index is 13.1. The van der Waals surface area contributed by atoms with Crippen LogP contribution >= 0.6 is 23.4 Å². The molecule has 30 heavy (non-hydrogen) atoms. The van der Waals surface area contributed by atoms with Gasteiger partial charge >= 0.3 is 0 Å². The third-order valence-electron chi connectivity index (χ3n) is 4.83. The Kier molecular flexibility index (Phi) is 10.8. The van der Waals surface area contributed by atoms with Crippen molar-refractivity contribution in [1.82, 2.24) is 10.2 Å². The smallest absolute Gasteiger partial charge is 0.242 e. The first-order valence-corrected chi connectivity index (χ1v) is 12.0. The number of halogens is 1. The van der Waals surface area contributed by atoms with Crippen molar-refractivity contribution >= 4 is 35.2 Å². The van der Waals surface area contributed by atoms with Gasteiger partial charge in [-0.2, -0.15) is 0 Å². The summed E-state index contributed by atoms with van der Waals surface area (Å²) in [5.74, 6) is 1.01. The van der Waals surface area contributed by atoms with Crippen LogP contribution in [0.4, 0.5) is 0 Å². The molecule has 0 bridgehead atoms. The molecule has 2 amide bonds. The average Bonchev–Trinajstić information content (AvgIpc) is 2.77. The number of carbonyl (C=O) groups excluding carboxylic acids is 2. The molecule has 0 aliphatic carbocycles. The van der Waals surface area contributed by atoms with Crippen LogP contribution in [-0.2, 0) is 21.8 Å². The molecule has 1 atom stereocenters. The average molecular weight is 447 g/mol. The van der Waals surface area contributed by atoms with Gasteiger partial charge in [0.15, 0.2) is 0 Å². The summed E-state index contributed by atoms with van der Waals surface area (Å²) < 4.78 is 0. The molecule has 1 N–H and O–H groups in total. The molecule has 0 radical (unpaired) electrons. The molecule has 0 saturated carbocycles. The Balaban J connectivity index is 2.02. The fourth-order valence-electron chi connectivity index (χ4n) is 3.18. The van der Waals surface area contributed by atoms with Crippen LogP contribution in [0.1, 0.15) is 37.8 Å². The van der Waals surface area contributed by atoms with E-state index in [1.807, 2.05) is 56.3 Å². The number of nitrogens with one attached hydrogen (secondary N) is 1. The van der Waals surface area contributed by atoms with Crippen molar-refractivity contribution in [3.05, 3.63) is 70.7 Å². The highest BCUT2D eigenvalue weighted by molar-refractivity contribution is 7.99. The molecule has 2 aromatic carbocycles. The normalized spacial score (nSPS) is 11.7. The SMILES string of the molecule is CCCNC(=O)[C@H](CC)N(CCc1ccccc1)C(=O)CSCc1ccc(Cl)cc1. The number of amides is 2. The van der Waals surface area contributed by atoms with Gasteiger partial charge < -0.3 is 10.2 Å². The molecule has 0 heterocycles. The van der Waals surface area contributed by atoms with Crippen molar-refractivity contribution in [2.75, 3.05) is 18.8 Å². The molecule has 6 heteroatoms. The van der Waals surface area contributed by atoms with E-state index >= 15 is 0 Å². The van der Waals surface area contributed by atoms with Crippen molar-refractivity contribution < 1.29 is 9.59 Å². The van der Waals surface area contributed by atoms with Gasteiger partial charge in [-0.15, -0.1) is 11.8 Å². The second-order valence-electron chi connectivity index (χ2n) is 7.16. The van der Waals surface area contributed by atoms with E-state index in [4.69, 9.17) is 11.6 Å². The highest BCUT2D eigenvalue weighted by atomic mass is 35.5. The molecule has 0 unspecified atom stereocenters. The van der Waals surface area contributed by atoms with E-state index in [-0.39, 0.29) is 11.8 Å². The van der Waals surface area contributed by atoms with Gasteiger partial charge in [-0.25, -0.2) is 0 Å². The maximum Gasteiger partial charge on any atom is 0.242 e. The van der Waals surface area contributed by atoms with Crippen molar-refractivity contribution in [3.63, 3.8) is 0 Å². The number of hydrogen-bond acceptors (Lipinski definition) is 3. The Morgan fingerprint density at radius 2 is 1.73 bits per heavy atom. The predicted octanol–water partition coefficient (Wildman–Crippen LogP) is 4.95. The van der Waals surface area contributed by atoms with Crippen LogP contribution in [-0.4, -0.2) is 41.6 Å². The van der Waals surface area contributed by atoms with Gasteiger partial charge in [-0.1, -0.05) is 67.9 Å². The van der Waals surface area contributed by atoms with Crippen LogP contribution in [0.5, 0.6) is 0 Å². The Labute approximate surface area is 189 Å². The largest absolute Gasteiger partial charge is 0.354 e. The Hall–Kier alpha value is -1.98. The number of nitrogens with zero attached hydrogens (tertiary/aromatic N) is 1. The summed E-state index contributed by atoms with van der Waals surface area (Å²) in [5, 5.41) is 3.66. The second kappa shape index (κ2) is 13.3. The summed E-state index contributed by atoms with van der Waals surface area (Å²) in [7, 11) is 0. The lowest BCUT2D eigenvalue weighted by molar-refractivity contribution is -0.138. The van der Waals surface area contributed by atoms with Crippen molar-refractivity contribution in [2.45, 2.75) is 44.9 Å². The summed E-state index contributed by atoms with van der Waals surface area (Å²) in [6.07, 6.45) is 2.20. The molecule has 0 saturated heterocycles. The van der Waals surface area contributed by atoms with Crippen molar-refractivity contribution in [3.8, 4) is 0 Å². The molecule has 0 aliphatic rings. The van der Waals surface area contributed by atoms with Gasteiger partial charge in [-0.3, -0.25) is 9.59 Å². The molecule has 2 aromatic rings. The fraction of sp³-hybridized carbons (Fsp3) is 0.417. The van der Waals surface area contributed by atoms with Crippen LogP contribution < -0.4 is 5.32 Å². The van der Waals surface area contributed by atoms with Gasteiger partial charge in [0.1, 0.15) is 6.04 Å². The molecule has 0 spiro atoms. The minimum atomic E-state index is -0.441. The highest BCUT2D eigenvalue weighted by Gasteiger charge is 2.27. The zero-order valence-electron chi connectivity index (χ0n) is 17.8. The monoisotopic (exact) mass is 446 g/mol. The predicted molar refractivity (Wildman–Crippen MR) is 127 cm³/mol. The van der Waals surface area contributed by atoms with E-state index in [2.05, 4.69) is 17.4 Å². The van der Waals surface area contributed by atoms with Gasteiger partial charge in [0, 0.05) is 23.9 Å². The zero-order chi connectivity index (χ0) is 21.8. The third-order valence-corrected chi connectivity index (χ3v) is 6.07. The molecule has 0 aliphatic heterocycles. The van der Waals surface area contributed by atoms with Gasteiger partial charge in [-0.05, 0) is 42.5 Å². The first kappa shape index (κ1) is 24.3. The van der Waals surface area contributed by atoms with E-state index < -0.39 is 6.04 Å². The number of thioether (sulfide) groups is 1. The fourth-order valence-corrected chi connectivity index (χ4v) is 4.18. The second-order valence-corrected chi connectivity index (χ2v) is 8.58. The van der Waals surface area contributed by atoms with Crippen LogP contribution in [0.15, 0.2) is 54.6 Å². The minimum Gasteiger partial charge on any atom is -0.354 e. The minimum absolute atomic E-state index is 0.00314. The topological polar surface area (TPSA) is 49.4 Å². The van der Waals surface area contributed by atoms with Crippen molar-refractivity contribution in [1.29, 1.82) is 0 Å². The first-order valence-electron chi connectivity index (χ1n) is 10.5. The summed E-state index contributed by atoms with van der Waals surface area (Å²) in [5.41, 5.74) is 2.29. The lowest BCUT2D eigenvalue weighted by atomic mass is 10.1. The first-order chi connectivity index (χ1) is 14.5. The summed E-state index contributed by atoms with van der Waals surface area (Å²) >= 11 is 7.50. The van der Waals surface area contributed by atoms with E-state index in [0.29, 0.717) is 30.3 Å². The number of hydrogen-bond donors (Lipinski definition) is 1. The van der Waals surface area contributed by atoms with Gasteiger partial charge in [0.25, 0.3) is 0 Å². The summed E-state index contributed by atoms with van der Waals surface area (Å²) in [6, 6.07) is 17.3. The quantitative estimate of drug-likeness (QED) is 0.501. The molecule has 4 nitrogen and oxygen atoms in total. The van der Waals surface area contributed by atoms with E-state index in [1.165, 1.54) is 0 Å². The maximum atomic E-state index is 13.1. The highest BCUT2D eigenvalue weighted by Crippen LogP contribution is 2.17. The van der Waals surface area contributed by atoms with E-state index in [0.717, 1.165) is 29.7 Å². The van der Waals surface area contributed by atoms with Crippen LogP contribution in [0.3, 0.4) is 0 Å². The Morgan fingerprint density at radius 3 is 2.37 bits per heavy atom. The van der Waals surface area contributed by atoms with Gasteiger partial charge in [0.2, 0.25) is 11.8 Å². The van der Waals surface area contributed by atoms with Crippen LogP contribution in [0, 0.1) is 0 Å². The van der Waals surface area contributed by atoms with Gasteiger partial charge in [0.05, 0.1) is 5.75 Å². The number of benzene rings is 2. The van der Waals surface area contributed by atoms with Crippen molar-refractivity contribution in [2.24, 2.45) is 0 Å². The van der Waals surface area contributed by atoms with E-state index in [9.17, 15) is 9.59 Å². The number of rotatable bonds is 12. The Morgan fingerprint density at radius 1 is 1.03 bits per heavy atom. The van der Waals surface area contributed by atoms with Crippen LogP contribution in [0.2, 0.25) is 5.02 Å². The zero-order valence-corrected chi connectivity index (χ0v) is 19.3. The van der Waals surface area contributed by atoms with Crippen LogP contribution in [0.25, 0.3) is 0 Å². The Bertz CT molecular complexity index is 784.